The molecule has 2 aromatic rings. The zero-order valence-corrected chi connectivity index (χ0v) is 17.4. The number of aromatic nitrogens is 1. The molecule has 0 aliphatic rings. The molecular weight excluding hydrogens is 368 g/mol. The second kappa shape index (κ2) is 14.4. The average molecular weight is 401 g/mol. The van der Waals surface area contributed by atoms with Gasteiger partial charge in [-0.3, -0.25) is 4.98 Å². The maximum absolute atomic E-state index is 5.84. The highest BCUT2D eigenvalue weighted by molar-refractivity contribution is 5.79. The summed E-state index contributed by atoms with van der Waals surface area (Å²) in [5.41, 5.74) is 1.99. The molecule has 1 aromatic heterocycles. The van der Waals surface area contributed by atoms with Crippen LogP contribution in [0, 0.1) is 0 Å². The minimum absolute atomic E-state index is 0.449. The van der Waals surface area contributed by atoms with E-state index >= 15 is 0 Å². The maximum Gasteiger partial charge on any atom is 0.191 e. The second-order valence-corrected chi connectivity index (χ2v) is 6.34. The Hall–Kier alpha value is -2.64. The Bertz CT molecular complexity index is 710. The number of benzene rings is 1. The van der Waals surface area contributed by atoms with Gasteiger partial charge in [-0.25, -0.2) is 4.99 Å². The highest BCUT2D eigenvalue weighted by atomic mass is 16.5. The van der Waals surface area contributed by atoms with E-state index in [4.69, 9.17) is 14.2 Å². The monoisotopic (exact) mass is 400 g/mol. The Kier molecular flexibility index (Phi) is 11.2. The number of aliphatic imine (C=N–C) groups is 1. The molecule has 1 aromatic carbocycles. The summed E-state index contributed by atoms with van der Waals surface area (Å²) in [7, 11) is 1.67. The third-order valence-electron chi connectivity index (χ3n) is 3.96. The minimum Gasteiger partial charge on any atom is -0.487 e. The lowest BCUT2D eigenvalue weighted by Gasteiger charge is -2.12. The number of nitrogens with one attached hydrogen (secondary N) is 2. The molecule has 7 nitrogen and oxygen atoms in total. The number of rotatable bonds is 13. The van der Waals surface area contributed by atoms with Crippen LogP contribution in [-0.2, 0) is 22.6 Å². The van der Waals surface area contributed by atoms with Crippen LogP contribution in [0.25, 0.3) is 0 Å². The van der Waals surface area contributed by atoms with Gasteiger partial charge in [0.15, 0.2) is 5.96 Å². The van der Waals surface area contributed by atoms with Crippen LogP contribution in [0.1, 0.15) is 24.6 Å². The van der Waals surface area contributed by atoms with Crippen molar-refractivity contribution in [1.82, 2.24) is 15.6 Å². The lowest BCUT2D eigenvalue weighted by molar-refractivity contribution is 0.0698. The van der Waals surface area contributed by atoms with Gasteiger partial charge in [0.25, 0.3) is 0 Å². The largest absolute Gasteiger partial charge is 0.487 e. The van der Waals surface area contributed by atoms with Crippen molar-refractivity contribution in [2.75, 3.05) is 40.0 Å². The van der Waals surface area contributed by atoms with Gasteiger partial charge < -0.3 is 24.8 Å². The molecule has 0 saturated heterocycles. The van der Waals surface area contributed by atoms with Gasteiger partial charge in [-0.15, -0.1) is 0 Å². The van der Waals surface area contributed by atoms with Crippen LogP contribution in [0.5, 0.6) is 5.75 Å². The number of nitrogens with zero attached hydrogens (tertiary/aromatic N) is 2. The first-order valence-electron chi connectivity index (χ1n) is 10.0. The number of methoxy groups -OCH3 is 1. The zero-order valence-electron chi connectivity index (χ0n) is 17.4. The van der Waals surface area contributed by atoms with E-state index in [0.717, 1.165) is 42.5 Å². The van der Waals surface area contributed by atoms with Crippen molar-refractivity contribution in [3.05, 3.63) is 59.9 Å². The summed E-state index contributed by atoms with van der Waals surface area (Å²) in [4.78, 5) is 8.93. The molecule has 0 radical (unpaired) electrons. The van der Waals surface area contributed by atoms with Gasteiger partial charge in [-0.2, -0.15) is 0 Å². The van der Waals surface area contributed by atoms with E-state index in [2.05, 4.69) is 27.5 Å². The van der Waals surface area contributed by atoms with E-state index in [1.54, 1.807) is 13.3 Å². The summed E-state index contributed by atoms with van der Waals surface area (Å²) in [5, 5.41) is 6.60. The van der Waals surface area contributed by atoms with Crippen molar-refractivity contribution in [3.8, 4) is 5.75 Å². The van der Waals surface area contributed by atoms with Crippen LogP contribution >= 0.6 is 0 Å². The van der Waals surface area contributed by atoms with E-state index in [9.17, 15) is 0 Å². The molecule has 0 aliphatic heterocycles. The van der Waals surface area contributed by atoms with Gasteiger partial charge in [-0.1, -0.05) is 18.2 Å². The number of hydrogen-bond acceptors (Lipinski definition) is 5. The Morgan fingerprint density at radius 1 is 1.07 bits per heavy atom. The van der Waals surface area contributed by atoms with Gasteiger partial charge in [0.1, 0.15) is 12.4 Å². The SMILES string of the molecule is CCNC(=NCc1cccc(OCc2ccccn2)c1)NCCCOCCOC. The highest BCUT2D eigenvalue weighted by Crippen LogP contribution is 2.15. The molecular formula is C22H32N4O3. The first-order valence-corrected chi connectivity index (χ1v) is 10.0. The quantitative estimate of drug-likeness (QED) is 0.306. The third-order valence-corrected chi connectivity index (χ3v) is 3.96. The van der Waals surface area contributed by atoms with Crippen LogP contribution in [0.2, 0.25) is 0 Å². The summed E-state index contributed by atoms with van der Waals surface area (Å²) in [6, 6.07) is 13.8. The van der Waals surface area contributed by atoms with Gasteiger partial charge in [0, 0.05) is 33.0 Å². The van der Waals surface area contributed by atoms with Crippen molar-refractivity contribution < 1.29 is 14.2 Å². The van der Waals surface area contributed by atoms with Gasteiger partial charge >= 0.3 is 0 Å². The molecule has 0 fully saturated rings. The molecule has 0 atom stereocenters. The number of guanidine groups is 1. The zero-order chi connectivity index (χ0) is 20.6. The number of ether oxygens (including phenoxy) is 3. The van der Waals surface area contributed by atoms with E-state index < -0.39 is 0 Å². The molecule has 0 unspecified atom stereocenters. The highest BCUT2D eigenvalue weighted by Gasteiger charge is 2.01. The fraction of sp³-hybridized carbons (Fsp3) is 0.455. The molecule has 29 heavy (non-hydrogen) atoms. The fourth-order valence-corrected chi connectivity index (χ4v) is 2.51. The van der Waals surface area contributed by atoms with E-state index in [1.165, 1.54) is 0 Å². The molecule has 0 aliphatic carbocycles. The van der Waals surface area contributed by atoms with E-state index in [-0.39, 0.29) is 0 Å². The molecule has 7 heteroatoms. The van der Waals surface area contributed by atoms with Crippen molar-refractivity contribution in [2.24, 2.45) is 4.99 Å². The molecule has 0 spiro atoms. The topological polar surface area (TPSA) is 77.0 Å². The summed E-state index contributed by atoms with van der Waals surface area (Å²) in [5.74, 6) is 1.61. The van der Waals surface area contributed by atoms with Crippen molar-refractivity contribution in [3.63, 3.8) is 0 Å². The summed E-state index contributed by atoms with van der Waals surface area (Å²) < 4.78 is 16.3. The Balaban J connectivity index is 1.78. The maximum atomic E-state index is 5.84. The Morgan fingerprint density at radius 2 is 2.00 bits per heavy atom. The van der Waals surface area contributed by atoms with Gasteiger partial charge in [0.05, 0.1) is 25.5 Å². The second-order valence-electron chi connectivity index (χ2n) is 6.34. The molecule has 158 valence electrons. The molecule has 1 heterocycles. The van der Waals surface area contributed by atoms with Crippen LogP contribution in [0.3, 0.4) is 0 Å². The number of hydrogen-bond donors (Lipinski definition) is 2. The Labute approximate surface area is 173 Å². The molecule has 0 bridgehead atoms. The molecule has 2 N–H and O–H groups in total. The van der Waals surface area contributed by atoms with Gasteiger partial charge in [0.2, 0.25) is 0 Å². The normalized spacial score (nSPS) is 11.3. The fourth-order valence-electron chi connectivity index (χ4n) is 2.51. The van der Waals surface area contributed by atoms with Crippen LogP contribution < -0.4 is 15.4 Å². The average Bonchev–Trinajstić information content (AvgIpc) is 2.76. The van der Waals surface area contributed by atoms with Crippen LogP contribution in [0.4, 0.5) is 0 Å². The lowest BCUT2D eigenvalue weighted by atomic mass is 10.2. The molecule has 0 saturated carbocycles. The molecule has 2 rings (SSSR count). The predicted octanol–water partition coefficient (Wildman–Crippen LogP) is 2.77. The predicted molar refractivity (Wildman–Crippen MR) is 115 cm³/mol. The van der Waals surface area contributed by atoms with Crippen molar-refractivity contribution in [1.29, 1.82) is 0 Å². The van der Waals surface area contributed by atoms with Crippen molar-refractivity contribution >= 4 is 5.96 Å². The number of pyridine rings is 1. The van der Waals surface area contributed by atoms with Crippen molar-refractivity contribution in [2.45, 2.75) is 26.5 Å². The van der Waals surface area contributed by atoms with E-state index in [0.29, 0.717) is 33.0 Å². The van der Waals surface area contributed by atoms with E-state index in [1.807, 2.05) is 42.5 Å². The summed E-state index contributed by atoms with van der Waals surface area (Å²) in [6.45, 7) is 6.63. The summed E-state index contributed by atoms with van der Waals surface area (Å²) >= 11 is 0. The smallest absolute Gasteiger partial charge is 0.191 e. The lowest BCUT2D eigenvalue weighted by Crippen LogP contribution is -2.38. The standard InChI is InChI=1S/C22H32N4O3/c1-3-23-22(25-12-7-13-28-15-14-27-2)26-17-19-8-6-10-21(16-19)29-18-20-9-4-5-11-24-20/h4-6,8-11,16H,3,7,12-15,17-18H2,1-2H3,(H2,23,25,26). The van der Waals surface area contributed by atoms with Gasteiger partial charge in [-0.05, 0) is 43.2 Å². The first-order chi connectivity index (χ1) is 14.3. The first kappa shape index (κ1) is 22.6. The Morgan fingerprint density at radius 3 is 2.79 bits per heavy atom. The van der Waals surface area contributed by atoms with Crippen LogP contribution in [0.15, 0.2) is 53.7 Å². The minimum atomic E-state index is 0.449. The van der Waals surface area contributed by atoms with Crippen LogP contribution in [-0.4, -0.2) is 51.0 Å². The molecule has 0 amide bonds. The summed E-state index contributed by atoms with van der Waals surface area (Å²) in [6.07, 6.45) is 2.68. The third kappa shape index (κ3) is 9.91.